The fourth-order valence-corrected chi connectivity index (χ4v) is 2.94. The fourth-order valence-electron chi connectivity index (χ4n) is 2.72. The van der Waals surface area contributed by atoms with Gasteiger partial charge in [0.05, 0.1) is 17.1 Å². The van der Waals surface area contributed by atoms with E-state index in [1.807, 2.05) is 0 Å². The summed E-state index contributed by atoms with van der Waals surface area (Å²) >= 11 is 6.08. The maximum absolute atomic E-state index is 12.6. The van der Waals surface area contributed by atoms with Crippen LogP contribution in [0.25, 0.3) is 0 Å². The van der Waals surface area contributed by atoms with Gasteiger partial charge in [-0.2, -0.15) is 0 Å². The van der Waals surface area contributed by atoms with E-state index in [1.165, 1.54) is 0 Å². The minimum Gasteiger partial charge on any atom is -0.550 e. The smallest absolute Gasteiger partial charge is 0.256 e. The van der Waals surface area contributed by atoms with Crippen molar-refractivity contribution in [1.29, 1.82) is 0 Å². The zero-order valence-electron chi connectivity index (χ0n) is 13.1. The van der Waals surface area contributed by atoms with Crippen LogP contribution in [0.4, 0.5) is 11.4 Å². The van der Waals surface area contributed by atoms with Crippen molar-refractivity contribution in [3.05, 3.63) is 59.1 Å². The van der Waals surface area contributed by atoms with Gasteiger partial charge in [-0.1, -0.05) is 35.9 Å². The Balaban J connectivity index is 1.74. The molecule has 0 spiro atoms. The number of nitrogens with zero attached hydrogens (tertiary/aromatic N) is 1. The molecule has 128 valence electrons. The first-order valence-corrected chi connectivity index (χ1v) is 8.00. The van der Waals surface area contributed by atoms with Gasteiger partial charge in [0.25, 0.3) is 5.91 Å². The van der Waals surface area contributed by atoms with Gasteiger partial charge in [-0.15, -0.1) is 0 Å². The highest BCUT2D eigenvalue weighted by molar-refractivity contribution is 6.36. The number of hydrogen-bond acceptors (Lipinski definition) is 5. The lowest BCUT2D eigenvalue weighted by atomic mass is 10.1. The highest BCUT2D eigenvalue weighted by Gasteiger charge is 2.40. The first-order valence-electron chi connectivity index (χ1n) is 7.62. The molecule has 25 heavy (non-hydrogen) atoms. The summed E-state index contributed by atoms with van der Waals surface area (Å²) in [7, 11) is 0. The van der Waals surface area contributed by atoms with E-state index in [0.29, 0.717) is 22.0 Å². The predicted molar refractivity (Wildman–Crippen MR) is 91.1 cm³/mol. The summed E-state index contributed by atoms with van der Waals surface area (Å²) in [5, 5.41) is 13.9. The van der Waals surface area contributed by atoms with Gasteiger partial charge in [-0.3, -0.25) is 9.59 Å². The van der Waals surface area contributed by atoms with Crippen molar-refractivity contribution in [3.8, 4) is 0 Å². The summed E-state index contributed by atoms with van der Waals surface area (Å²) in [6.07, 6.45) is -0.160. The molecule has 0 saturated carbocycles. The molecule has 1 aliphatic rings. The molecule has 2 amide bonds. The van der Waals surface area contributed by atoms with Crippen molar-refractivity contribution in [2.24, 2.45) is 0 Å². The molecule has 1 fully saturated rings. The van der Waals surface area contributed by atoms with Gasteiger partial charge >= 0.3 is 0 Å². The molecule has 0 aliphatic carbocycles. The lowest BCUT2D eigenvalue weighted by Gasteiger charge is -2.17. The number of hydrogen-bond donors (Lipinski definition) is 1. The maximum atomic E-state index is 12.6. The number of carboxylic acids is 1. The van der Waals surface area contributed by atoms with Crippen molar-refractivity contribution in [1.82, 2.24) is 0 Å². The molecular weight excluding hydrogens is 344 g/mol. The number of imide groups is 1. The number of aliphatic carboxylic acids is 1. The van der Waals surface area contributed by atoms with Gasteiger partial charge in [-0.05, 0) is 29.8 Å². The van der Waals surface area contributed by atoms with Crippen LogP contribution in [0.15, 0.2) is 48.5 Å². The molecule has 0 unspecified atom stereocenters. The van der Waals surface area contributed by atoms with E-state index in [0.717, 1.165) is 4.90 Å². The van der Waals surface area contributed by atoms with Crippen molar-refractivity contribution in [2.75, 3.05) is 10.2 Å². The molecule has 2 aromatic rings. The zero-order valence-corrected chi connectivity index (χ0v) is 13.8. The largest absolute Gasteiger partial charge is 0.550 e. The number of para-hydroxylation sites is 1. The molecular formula is C18H14ClN2O4-. The number of halogens is 1. The van der Waals surface area contributed by atoms with Gasteiger partial charge in [0.2, 0.25) is 5.91 Å². The average molecular weight is 358 g/mol. The van der Waals surface area contributed by atoms with Crippen LogP contribution in [0.2, 0.25) is 5.02 Å². The molecule has 0 bridgehead atoms. The predicted octanol–water partition coefficient (Wildman–Crippen LogP) is 1.38. The third-order valence-electron chi connectivity index (χ3n) is 3.88. The van der Waals surface area contributed by atoms with Crippen LogP contribution in [-0.4, -0.2) is 23.8 Å². The number of amides is 2. The Morgan fingerprint density at radius 3 is 2.48 bits per heavy atom. The summed E-state index contributed by atoms with van der Waals surface area (Å²) < 4.78 is 0. The van der Waals surface area contributed by atoms with Gasteiger partial charge in [0, 0.05) is 18.1 Å². The number of anilines is 2. The lowest BCUT2D eigenvalue weighted by molar-refractivity contribution is -0.304. The van der Waals surface area contributed by atoms with Gasteiger partial charge in [-0.25, -0.2) is 4.90 Å². The summed E-state index contributed by atoms with van der Waals surface area (Å²) in [5.74, 6) is -1.87. The second-order valence-electron chi connectivity index (χ2n) is 5.67. The summed E-state index contributed by atoms with van der Waals surface area (Å²) in [6, 6.07) is 12.6. The Morgan fingerprint density at radius 2 is 1.84 bits per heavy atom. The molecule has 0 aromatic heterocycles. The summed E-state index contributed by atoms with van der Waals surface area (Å²) in [5.41, 5.74) is 1.58. The van der Waals surface area contributed by atoms with Crippen molar-refractivity contribution in [3.63, 3.8) is 0 Å². The van der Waals surface area contributed by atoms with E-state index in [4.69, 9.17) is 11.6 Å². The standard InChI is InChI=1S/C18H15ClN2O4/c19-13-3-1-2-4-15(13)21-16(22)10-14(18(21)25)20-12-7-5-11(6-8-12)9-17(23)24/h1-8,14,20H,9-10H2,(H,23,24)/p-1/t14-/m0/s1. The van der Waals surface area contributed by atoms with Crippen molar-refractivity contribution in [2.45, 2.75) is 18.9 Å². The van der Waals surface area contributed by atoms with Gasteiger partial charge in [0.1, 0.15) is 6.04 Å². The average Bonchev–Trinajstić information content (AvgIpc) is 2.83. The van der Waals surface area contributed by atoms with E-state index in [2.05, 4.69) is 5.32 Å². The van der Waals surface area contributed by atoms with E-state index < -0.39 is 12.0 Å². The minimum absolute atomic E-state index is 0.0187. The van der Waals surface area contributed by atoms with E-state index >= 15 is 0 Å². The second-order valence-corrected chi connectivity index (χ2v) is 6.07. The van der Waals surface area contributed by atoms with Crippen LogP contribution < -0.4 is 15.3 Å². The van der Waals surface area contributed by atoms with Gasteiger partial charge in [0.15, 0.2) is 0 Å². The molecule has 1 atom stereocenters. The lowest BCUT2D eigenvalue weighted by Crippen LogP contribution is -2.35. The normalized spacial score (nSPS) is 17.0. The first-order chi connectivity index (χ1) is 12.0. The Morgan fingerprint density at radius 1 is 1.16 bits per heavy atom. The third-order valence-corrected chi connectivity index (χ3v) is 4.20. The number of carbonyl (C=O) groups excluding carboxylic acids is 3. The monoisotopic (exact) mass is 357 g/mol. The SMILES string of the molecule is O=C([O-])Cc1ccc(N[C@H]2CC(=O)N(c3ccccc3Cl)C2=O)cc1. The Bertz CT molecular complexity index is 835. The zero-order chi connectivity index (χ0) is 18.0. The quantitative estimate of drug-likeness (QED) is 0.816. The highest BCUT2D eigenvalue weighted by atomic mass is 35.5. The minimum atomic E-state index is -1.16. The number of carbonyl (C=O) groups is 3. The number of nitrogens with one attached hydrogen (secondary N) is 1. The fraction of sp³-hybridized carbons (Fsp3) is 0.167. The van der Waals surface area contributed by atoms with E-state index in [9.17, 15) is 19.5 Å². The topological polar surface area (TPSA) is 89.5 Å². The van der Waals surface area contributed by atoms with Crippen LogP contribution in [0.5, 0.6) is 0 Å². The van der Waals surface area contributed by atoms with E-state index in [1.54, 1.807) is 48.5 Å². The van der Waals surface area contributed by atoms with Crippen LogP contribution in [0.3, 0.4) is 0 Å². The Kier molecular flexibility index (Phi) is 4.72. The highest BCUT2D eigenvalue weighted by Crippen LogP contribution is 2.30. The Hall–Kier alpha value is -2.86. The molecule has 1 aliphatic heterocycles. The van der Waals surface area contributed by atoms with E-state index in [-0.39, 0.29) is 24.7 Å². The molecule has 0 radical (unpaired) electrons. The summed E-state index contributed by atoms with van der Waals surface area (Å²) in [6.45, 7) is 0. The molecule has 1 N–H and O–H groups in total. The molecule has 1 heterocycles. The molecule has 6 nitrogen and oxygen atoms in total. The number of rotatable bonds is 5. The van der Waals surface area contributed by atoms with Crippen molar-refractivity contribution >= 4 is 40.8 Å². The summed E-state index contributed by atoms with van der Waals surface area (Å²) in [4.78, 5) is 36.5. The number of carboxylic acid groups (broad SMARTS) is 1. The van der Waals surface area contributed by atoms with Crippen LogP contribution in [-0.2, 0) is 20.8 Å². The van der Waals surface area contributed by atoms with Gasteiger partial charge < -0.3 is 15.2 Å². The van der Waals surface area contributed by atoms with Crippen molar-refractivity contribution < 1.29 is 19.5 Å². The van der Waals surface area contributed by atoms with Crippen LogP contribution in [0.1, 0.15) is 12.0 Å². The number of benzene rings is 2. The molecule has 7 heteroatoms. The second kappa shape index (κ2) is 6.94. The molecule has 3 rings (SSSR count). The van der Waals surface area contributed by atoms with Crippen LogP contribution in [0, 0.1) is 0 Å². The van der Waals surface area contributed by atoms with Crippen LogP contribution >= 0.6 is 11.6 Å². The third kappa shape index (κ3) is 3.64. The maximum Gasteiger partial charge on any atom is 0.256 e. The Labute approximate surface area is 149 Å². The first kappa shape index (κ1) is 17.0. The molecule has 2 aromatic carbocycles. The molecule has 1 saturated heterocycles.